The van der Waals surface area contributed by atoms with Gasteiger partial charge in [0.2, 0.25) is 5.91 Å². The van der Waals surface area contributed by atoms with E-state index in [1.54, 1.807) is 0 Å². The zero-order chi connectivity index (χ0) is 15.6. The zero-order valence-electron chi connectivity index (χ0n) is 13.7. The minimum absolute atomic E-state index is 0.361. The second-order valence-corrected chi connectivity index (χ2v) is 7.28. The van der Waals surface area contributed by atoms with E-state index in [0.29, 0.717) is 17.9 Å². The molecule has 0 N–H and O–H groups in total. The highest BCUT2D eigenvalue weighted by atomic mass is 16.2. The van der Waals surface area contributed by atoms with Crippen LogP contribution in [0.3, 0.4) is 0 Å². The lowest BCUT2D eigenvalue weighted by molar-refractivity contribution is -0.134. The summed E-state index contributed by atoms with van der Waals surface area (Å²) in [6.45, 7) is 4.34. The fourth-order valence-electron chi connectivity index (χ4n) is 3.87. The van der Waals surface area contributed by atoms with Gasteiger partial charge in [-0.2, -0.15) is 0 Å². The van der Waals surface area contributed by atoms with Crippen LogP contribution in [0.25, 0.3) is 0 Å². The van der Waals surface area contributed by atoms with Crippen molar-refractivity contribution >= 4 is 5.91 Å². The van der Waals surface area contributed by atoms with Crippen molar-refractivity contribution in [3.8, 4) is 0 Å². The molecule has 0 unspecified atom stereocenters. The molecule has 4 rings (SSSR count). The van der Waals surface area contributed by atoms with E-state index in [9.17, 15) is 4.79 Å². The maximum Gasteiger partial charge on any atom is 0.222 e. The van der Waals surface area contributed by atoms with Crippen molar-refractivity contribution in [1.82, 2.24) is 30.0 Å². The first-order valence-electron chi connectivity index (χ1n) is 9.06. The summed E-state index contributed by atoms with van der Waals surface area (Å²) in [5.41, 5.74) is 0. The van der Waals surface area contributed by atoms with Gasteiger partial charge in [-0.25, -0.2) is 4.68 Å². The van der Waals surface area contributed by atoms with Gasteiger partial charge in [0, 0.05) is 32.6 Å². The maximum absolute atomic E-state index is 12.4. The fraction of sp³-hybridized carbons (Fsp3) is 0.875. The predicted molar refractivity (Wildman–Crippen MR) is 84.5 cm³/mol. The van der Waals surface area contributed by atoms with Crippen molar-refractivity contribution in [2.75, 3.05) is 26.2 Å². The molecule has 23 heavy (non-hydrogen) atoms. The first-order chi connectivity index (χ1) is 11.3. The number of hydrogen-bond donors (Lipinski definition) is 0. The molecule has 2 saturated carbocycles. The quantitative estimate of drug-likeness (QED) is 0.817. The van der Waals surface area contributed by atoms with E-state index in [0.717, 1.165) is 45.0 Å². The van der Waals surface area contributed by atoms with Crippen LogP contribution in [0.5, 0.6) is 0 Å². The zero-order valence-corrected chi connectivity index (χ0v) is 13.7. The van der Waals surface area contributed by atoms with Gasteiger partial charge in [-0.15, -0.1) is 5.10 Å². The fourth-order valence-corrected chi connectivity index (χ4v) is 3.87. The van der Waals surface area contributed by atoms with Crippen LogP contribution in [0, 0.1) is 5.92 Å². The molecule has 3 aliphatic rings. The minimum atomic E-state index is 0.361. The van der Waals surface area contributed by atoms with Gasteiger partial charge in [0.15, 0.2) is 5.82 Å². The van der Waals surface area contributed by atoms with Crippen molar-refractivity contribution < 1.29 is 4.79 Å². The average Bonchev–Trinajstić information content (AvgIpc) is 3.08. The molecule has 1 saturated heterocycles. The average molecular weight is 318 g/mol. The number of carbonyl (C=O) groups excluding carboxylic acids is 1. The Morgan fingerprint density at radius 2 is 1.78 bits per heavy atom. The summed E-state index contributed by atoms with van der Waals surface area (Å²) in [4.78, 5) is 16.8. The molecule has 1 aromatic rings. The smallest absolute Gasteiger partial charge is 0.222 e. The molecule has 2 aliphatic carbocycles. The van der Waals surface area contributed by atoms with E-state index in [-0.39, 0.29) is 0 Å². The van der Waals surface area contributed by atoms with Gasteiger partial charge < -0.3 is 4.90 Å². The van der Waals surface area contributed by atoms with Crippen molar-refractivity contribution in [2.24, 2.45) is 5.92 Å². The van der Waals surface area contributed by atoms with Gasteiger partial charge in [0.1, 0.15) is 0 Å². The Labute approximate surface area is 137 Å². The normalized spacial score (nSPS) is 23.6. The topological polar surface area (TPSA) is 67.2 Å². The van der Waals surface area contributed by atoms with Crippen LogP contribution >= 0.6 is 0 Å². The number of rotatable bonds is 5. The molecule has 1 aliphatic heterocycles. The second-order valence-electron chi connectivity index (χ2n) is 7.28. The van der Waals surface area contributed by atoms with Crippen molar-refractivity contribution in [3.63, 3.8) is 0 Å². The van der Waals surface area contributed by atoms with Gasteiger partial charge in [0.05, 0.1) is 12.6 Å². The molecular formula is C16H26N6O. The molecule has 0 atom stereocenters. The third kappa shape index (κ3) is 3.54. The third-order valence-electron chi connectivity index (χ3n) is 5.48. The molecule has 3 fully saturated rings. The predicted octanol–water partition coefficient (Wildman–Crippen LogP) is 1.23. The monoisotopic (exact) mass is 318 g/mol. The maximum atomic E-state index is 12.4. The van der Waals surface area contributed by atoms with Crippen molar-refractivity contribution in [1.29, 1.82) is 0 Å². The standard InChI is InChI=1S/C16H26N6O/c23-16(11-13-3-1-2-4-13)21-9-7-20(8-10-21)12-15-17-18-19-22(15)14-5-6-14/h13-14H,1-12H2. The molecule has 7 heteroatoms. The number of nitrogens with zero attached hydrogens (tertiary/aromatic N) is 6. The van der Waals surface area contributed by atoms with E-state index < -0.39 is 0 Å². The van der Waals surface area contributed by atoms with Gasteiger partial charge in [-0.3, -0.25) is 9.69 Å². The molecule has 0 spiro atoms. The first-order valence-corrected chi connectivity index (χ1v) is 9.06. The summed E-state index contributed by atoms with van der Waals surface area (Å²) < 4.78 is 1.98. The largest absolute Gasteiger partial charge is 0.340 e. The summed E-state index contributed by atoms with van der Waals surface area (Å²) in [7, 11) is 0. The van der Waals surface area contributed by atoms with E-state index in [1.165, 1.54) is 38.5 Å². The summed E-state index contributed by atoms with van der Waals surface area (Å²) >= 11 is 0. The number of tetrazole rings is 1. The first kappa shape index (κ1) is 15.1. The molecular weight excluding hydrogens is 292 g/mol. The Morgan fingerprint density at radius 3 is 2.48 bits per heavy atom. The van der Waals surface area contributed by atoms with Gasteiger partial charge in [-0.05, 0) is 42.0 Å². The van der Waals surface area contributed by atoms with E-state index in [2.05, 4.69) is 25.3 Å². The van der Waals surface area contributed by atoms with Crippen LogP contribution in [0.15, 0.2) is 0 Å². The van der Waals surface area contributed by atoms with Crippen LogP contribution in [-0.4, -0.2) is 62.1 Å². The van der Waals surface area contributed by atoms with Crippen molar-refractivity contribution in [3.05, 3.63) is 5.82 Å². The second kappa shape index (κ2) is 6.55. The Kier molecular flexibility index (Phi) is 4.29. The molecule has 7 nitrogen and oxygen atoms in total. The lowest BCUT2D eigenvalue weighted by atomic mass is 10.0. The molecule has 1 aromatic heterocycles. The van der Waals surface area contributed by atoms with Crippen LogP contribution in [0.1, 0.15) is 56.8 Å². The summed E-state index contributed by atoms with van der Waals surface area (Å²) in [6.07, 6.45) is 8.26. The highest BCUT2D eigenvalue weighted by Gasteiger charge is 2.29. The molecule has 0 aromatic carbocycles. The van der Waals surface area contributed by atoms with Crippen LogP contribution in [-0.2, 0) is 11.3 Å². The van der Waals surface area contributed by atoms with Gasteiger partial charge in [-0.1, -0.05) is 12.8 Å². The Bertz CT molecular complexity index is 541. The molecule has 0 radical (unpaired) electrons. The third-order valence-corrected chi connectivity index (χ3v) is 5.48. The number of aromatic nitrogens is 4. The summed E-state index contributed by atoms with van der Waals surface area (Å²) in [6, 6.07) is 0.522. The van der Waals surface area contributed by atoms with Crippen LogP contribution < -0.4 is 0 Å². The minimum Gasteiger partial charge on any atom is -0.340 e. The van der Waals surface area contributed by atoms with Crippen molar-refractivity contribution in [2.45, 2.75) is 57.5 Å². The molecule has 0 bridgehead atoms. The van der Waals surface area contributed by atoms with Gasteiger partial charge >= 0.3 is 0 Å². The lowest BCUT2D eigenvalue weighted by Gasteiger charge is -2.34. The number of carbonyl (C=O) groups is 1. The Hall–Kier alpha value is -1.50. The van der Waals surface area contributed by atoms with Crippen LogP contribution in [0.4, 0.5) is 0 Å². The highest BCUT2D eigenvalue weighted by Crippen LogP contribution is 2.34. The summed E-state index contributed by atoms with van der Waals surface area (Å²) in [5.74, 6) is 1.97. The number of amides is 1. The highest BCUT2D eigenvalue weighted by molar-refractivity contribution is 5.76. The van der Waals surface area contributed by atoms with E-state index in [4.69, 9.17) is 0 Å². The number of hydrogen-bond acceptors (Lipinski definition) is 5. The Morgan fingerprint density at radius 1 is 1.04 bits per heavy atom. The number of piperazine rings is 1. The van der Waals surface area contributed by atoms with E-state index >= 15 is 0 Å². The Balaban J connectivity index is 1.25. The van der Waals surface area contributed by atoms with E-state index in [1.807, 2.05) is 4.68 Å². The van der Waals surface area contributed by atoms with Crippen LogP contribution in [0.2, 0.25) is 0 Å². The molecule has 1 amide bonds. The SMILES string of the molecule is O=C(CC1CCCC1)N1CCN(Cc2nnnn2C2CC2)CC1. The molecule has 2 heterocycles. The van der Waals surface area contributed by atoms with Gasteiger partial charge in [0.25, 0.3) is 0 Å². The molecule has 126 valence electrons. The lowest BCUT2D eigenvalue weighted by Crippen LogP contribution is -2.48. The summed E-state index contributed by atoms with van der Waals surface area (Å²) in [5, 5.41) is 12.1.